The Bertz CT molecular complexity index is 1030. The molecule has 7 nitrogen and oxygen atoms in total. The molecule has 2 aliphatic rings. The van der Waals surface area contributed by atoms with Gasteiger partial charge in [0.1, 0.15) is 17.3 Å². The van der Waals surface area contributed by atoms with E-state index in [0.717, 1.165) is 31.2 Å². The van der Waals surface area contributed by atoms with E-state index in [2.05, 4.69) is 0 Å². The third-order valence-electron chi connectivity index (χ3n) is 7.87. The molecule has 1 amide bonds. The van der Waals surface area contributed by atoms with Gasteiger partial charge < -0.3 is 30.3 Å². The molecule has 2 aromatic carbocycles. The van der Waals surface area contributed by atoms with Crippen molar-refractivity contribution in [2.75, 3.05) is 26.8 Å². The zero-order valence-electron chi connectivity index (χ0n) is 21.5. The van der Waals surface area contributed by atoms with E-state index in [4.69, 9.17) is 15.2 Å². The first kappa shape index (κ1) is 27.5. The lowest BCUT2D eigenvalue weighted by Gasteiger charge is -2.43. The summed E-state index contributed by atoms with van der Waals surface area (Å²) in [6.07, 6.45) is 3.94. The Morgan fingerprint density at radius 1 is 1.16 bits per heavy atom. The first-order chi connectivity index (χ1) is 17.8. The Morgan fingerprint density at radius 3 is 2.65 bits per heavy atom. The number of benzene rings is 2. The van der Waals surface area contributed by atoms with Crippen LogP contribution in [0.5, 0.6) is 11.5 Å². The fourth-order valence-corrected chi connectivity index (χ4v) is 5.77. The van der Waals surface area contributed by atoms with Gasteiger partial charge in [-0.2, -0.15) is 0 Å². The highest BCUT2D eigenvalue weighted by molar-refractivity contribution is 5.79. The average molecular weight is 515 g/mol. The van der Waals surface area contributed by atoms with Crippen molar-refractivity contribution in [3.05, 3.63) is 59.9 Å². The van der Waals surface area contributed by atoms with Gasteiger partial charge in [0.25, 0.3) is 0 Å². The molecule has 0 radical (unpaired) electrons. The van der Waals surface area contributed by atoms with Crippen LogP contribution < -0.4 is 10.5 Å². The van der Waals surface area contributed by atoms with Gasteiger partial charge in [0.2, 0.25) is 5.91 Å². The number of hydrogen-bond acceptors (Lipinski definition) is 6. The zero-order valence-corrected chi connectivity index (χ0v) is 21.5. The third-order valence-corrected chi connectivity index (χ3v) is 7.87. The van der Waals surface area contributed by atoms with Crippen LogP contribution in [0.2, 0.25) is 0 Å². The summed E-state index contributed by atoms with van der Waals surface area (Å²) in [7, 11) is 1.67. The van der Waals surface area contributed by atoms with Crippen LogP contribution in [0.1, 0.15) is 50.5 Å². The van der Waals surface area contributed by atoms with E-state index in [9.17, 15) is 19.4 Å². The van der Waals surface area contributed by atoms with Crippen LogP contribution in [-0.4, -0.2) is 60.0 Å². The normalized spacial score (nSPS) is 25.6. The molecule has 4 rings (SSSR count). The van der Waals surface area contributed by atoms with Crippen LogP contribution in [0, 0.1) is 17.7 Å². The minimum atomic E-state index is -1.17. The van der Waals surface area contributed by atoms with Gasteiger partial charge in [-0.1, -0.05) is 12.1 Å². The number of nitrogens with two attached hydrogens (primary N) is 1. The van der Waals surface area contributed by atoms with Gasteiger partial charge in [-0.15, -0.1) is 0 Å². The third kappa shape index (κ3) is 6.68. The molecule has 202 valence electrons. The minimum Gasteiger partial charge on any atom is -0.457 e. The molecule has 0 aromatic heterocycles. The maximum atomic E-state index is 13.3. The summed E-state index contributed by atoms with van der Waals surface area (Å²) in [5.74, 6) is 0.314. The predicted molar refractivity (Wildman–Crippen MR) is 139 cm³/mol. The van der Waals surface area contributed by atoms with Crippen LogP contribution in [0.3, 0.4) is 0 Å². The molecule has 2 aromatic rings. The van der Waals surface area contributed by atoms with E-state index in [0.29, 0.717) is 50.5 Å². The van der Waals surface area contributed by atoms with E-state index < -0.39 is 11.7 Å². The zero-order chi connectivity index (χ0) is 26.4. The van der Waals surface area contributed by atoms with E-state index >= 15 is 0 Å². The molecule has 0 bridgehead atoms. The van der Waals surface area contributed by atoms with Crippen molar-refractivity contribution < 1.29 is 28.9 Å². The minimum absolute atomic E-state index is 0.0202. The van der Waals surface area contributed by atoms with Crippen LogP contribution in [0.15, 0.2) is 48.5 Å². The molecular weight excluding hydrogens is 475 g/mol. The van der Waals surface area contributed by atoms with Gasteiger partial charge in [0, 0.05) is 44.7 Å². The second kappa shape index (κ2) is 12.3. The van der Waals surface area contributed by atoms with Gasteiger partial charge in [-0.05, 0) is 86.9 Å². The second-order valence-corrected chi connectivity index (χ2v) is 10.5. The molecule has 1 heterocycles. The Labute approximate surface area is 218 Å². The Hall–Kier alpha value is -2.52. The molecule has 5 atom stereocenters. The molecule has 37 heavy (non-hydrogen) atoms. The molecule has 1 aliphatic carbocycles. The number of halogens is 1. The Balaban J connectivity index is 1.54. The van der Waals surface area contributed by atoms with Crippen molar-refractivity contribution in [3.8, 4) is 11.5 Å². The number of hydrogen-bond donors (Lipinski definition) is 3. The van der Waals surface area contributed by atoms with Crippen molar-refractivity contribution in [1.82, 2.24) is 4.90 Å². The molecule has 0 unspecified atom stereocenters. The number of aliphatic hydroxyl groups excluding tert-OH is 1. The molecule has 2 fully saturated rings. The van der Waals surface area contributed by atoms with E-state index in [1.807, 2.05) is 29.2 Å². The van der Waals surface area contributed by atoms with Gasteiger partial charge in [-0.3, -0.25) is 4.79 Å². The lowest BCUT2D eigenvalue weighted by molar-refractivity contribution is -0.141. The molecule has 1 aliphatic heterocycles. The SMILES string of the molecule is COCCCC[C@@](O)(c1cccc(Oc2ccc(F)cc2)c1)[C@@H]1CCCN(C(=O)[C@H]2C[C@@H](N)[C@@H](O)C2)C1. The summed E-state index contributed by atoms with van der Waals surface area (Å²) in [4.78, 5) is 15.1. The summed E-state index contributed by atoms with van der Waals surface area (Å²) >= 11 is 0. The Kier molecular flexibility index (Phi) is 9.18. The Morgan fingerprint density at radius 2 is 1.95 bits per heavy atom. The fraction of sp³-hybridized carbons (Fsp3) is 0.552. The molecule has 1 saturated heterocycles. The number of ether oxygens (including phenoxy) is 2. The van der Waals surface area contributed by atoms with Crippen LogP contribution in [-0.2, 0) is 15.1 Å². The smallest absolute Gasteiger partial charge is 0.225 e. The topological polar surface area (TPSA) is 105 Å². The van der Waals surface area contributed by atoms with Crippen LogP contribution >= 0.6 is 0 Å². The maximum absolute atomic E-state index is 13.3. The number of aliphatic hydroxyl groups is 2. The molecule has 8 heteroatoms. The summed E-state index contributed by atoms with van der Waals surface area (Å²) in [5, 5.41) is 22.3. The molecule has 4 N–H and O–H groups in total. The van der Waals surface area contributed by atoms with Crippen molar-refractivity contribution >= 4 is 5.91 Å². The number of rotatable bonds is 10. The van der Waals surface area contributed by atoms with E-state index in [-0.39, 0.29) is 29.6 Å². The lowest BCUT2D eigenvalue weighted by Crippen LogP contribution is -2.49. The summed E-state index contributed by atoms with van der Waals surface area (Å²) in [6, 6.07) is 12.9. The first-order valence-corrected chi connectivity index (χ1v) is 13.3. The fourth-order valence-electron chi connectivity index (χ4n) is 5.77. The highest BCUT2D eigenvalue weighted by Crippen LogP contribution is 2.42. The number of carbonyl (C=O) groups is 1. The quantitative estimate of drug-likeness (QED) is 0.415. The predicted octanol–water partition coefficient (Wildman–Crippen LogP) is 3.96. The number of methoxy groups -OCH3 is 1. The molecular formula is C29H39FN2O5. The summed E-state index contributed by atoms with van der Waals surface area (Å²) < 4.78 is 24.5. The number of likely N-dealkylation sites (tertiary alicyclic amines) is 1. The van der Waals surface area contributed by atoms with Gasteiger partial charge >= 0.3 is 0 Å². The van der Waals surface area contributed by atoms with Crippen molar-refractivity contribution in [2.45, 2.75) is 62.7 Å². The van der Waals surface area contributed by atoms with E-state index in [1.165, 1.54) is 12.1 Å². The molecule has 0 spiro atoms. The number of amides is 1. The lowest BCUT2D eigenvalue weighted by atomic mass is 9.74. The van der Waals surface area contributed by atoms with Crippen molar-refractivity contribution in [2.24, 2.45) is 17.6 Å². The van der Waals surface area contributed by atoms with Crippen LogP contribution in [0.25, 0.3) is 0 Å². The van der Waals surface area contributed by atoms with Gasteiger partial charge in [0.15, 0.2) is 0 Å². The summed E-state index contributed by atoms with van der Waals surface area (Å²) in [6.45, 7) is 1.71. The number of nitrogens with zero attached hydrogens (tertiary/aromatic N) is 1. The average Bonchev–Trinajstić information content (AvgIpc) is 3.25. The number of carbonyl (C=O) groups excluding carboxylic acids is 1. The largest absolute Gasteiger partial charge is 0.457 e. The van der Waals surface area contributed by atoms with Crippen molar-refractivity contribution in [3.63, 3.8) is 0 Å². The van der Waals surface area contributed by atoms with Gasteiger partial charge in [0.05, 0.1) is 11.7 Å². The number of piperidine rings is 1. The second-order valence-electron chi connectivity index (χ2n) is 10.5. The maximum Gasteiger partial charge on any atom is 0.225 e. The first-order valence-electron chi connectivity index (χ1n) is 13.3. The number of unbranched alkanes of at least 4 members (excludes halogenated alkanes) is 1. The van der Waals surface area contributed by atoms with E-state index in [1.54, 1.807) is 19.2 Å². The molecule has 1 saturated carbocycles. The monoisotopic (exact) mass is 514 g/mol. The van der Waals surface area contributed by atoms with Crippen molar-refractivity contribution in [1.29, 1.82) is 0 Å². The standard InChI is InChI=1S/C29H39FN2O5/c1-36-15-3-2-13-29(35,21-6-4-8-25(18-21)37-24-11-9-23(30)10-12-24)22-7-5-14-32(19-22)28(34)20-16-26(31)27(33)17-20/h4,6,8-12,18,20,22,26-27,33,35H,2-3,5,7,13-17,19,31H2,1H3/t20-,22+,26+,27-,29+/m0/s1. The van der Waals surface area contributed by atoms with Crippen LogP contribution in [0.4, 0.5) is 4.39 Å². The highest BCUT2D eigenvalue weighted by atomic mass is 19.1. The van der Waals surface area contributed by atoms with Gasteiger partial charge in [-0.25, -0.2) is 4.39 Å². The summed E-state index contributed by atoms with van der Waals surface area (Å²) in [5.41, 5.74) is 5.54. The highest BCUT2D eigenvalue weighted by Gasteiger charge is 2.43.